The van der Waals surface area contributed by atoms with Crippen molar-refractivity contribution in [3.63, 3.8) is 0 Å². The molecule has 1 fully saturated rings. The summed E-state index contributed by atoms with van der Waals surface area (Å²) < 4.78 is 0. The molecule has 0 aliphatic carbocycles. The molecule has 0 amide bonds. The number of hydrogen-bond donors (Lipinski definition) is 0. The van der Waals surface area contributed by atoms with Crippen LogP contribution in [0.1, 0.15) is 26.7 Å². The van der Waals surface area contributed by atoms with Crippen molar-refractivity contribution in [2.24, 2.45) is 0 Å². The second-order valence-corrected chi connectivity index (χ2v) is 4.30. The van der Waals surface area contributed by atoms with Crippen LogP contribution in [-0.2, 0) is 0 Å². The molecule has 1 saturated heterocycles. The lowest BCUT2D eigenvalue weighted by molar-refractivity contribution is 0.216. The molecule has 0 saturated carbocycles. The Morgan fingerprint density at radius 1 is 1.70 bits per heavy atom. The van der Waals surface area contributed by atoms with Crippen LogP contribution < -0.4 is 0 Å². The van der Waals surface area contributed by atoms with Crippen molar-refractivity contribution in [2.75, 3.05) is 6.54 Å². The third kappa shape index (κ3) is 1.61. The SMILES string of the molecule is CC(C[SiH3])N1CCCC1C. The van der Waals surface area contributed by atoms with Crippen molar-refractivity contribution in [2.45, 2.75) is 44.8 Å². The summed E-state index contributed by atoms with van der Waals surface area (Å²) in [6.45, 7) is 6.08. The van der Waals surface area contributed by atoms with Crippen LogP contribution in [0.25, 0.3) is 0 Å². The summed E-state index contributed by atoms with van der Waals surface area (Å²) >= 11 is 0. The summed E-state index contributed by atoms with van der Waals surface area (Å²) in [5, 5.41) is 0. The van der Waals surface area contributed by atoms with E-state index in [1.165, 1.54) is 35.7 Å². The van der Waals surface area contributed by atoms with Gasteiger partial charge in [0.1, 0.15) is 0 Å². The molecular weight excluding hydrogens is 138 g/mol. The van der Waals surface area contributed by atoms with Crippen LogP contribution in [0.3, 0.4) is 0 Å². The van der Waals surface area contributed by atoms with Crippen LogP contribution in [0.5, 0.6) is 0 Å². The zero-order valence-electron chi connectivity index (χ0n) is 7.43. The molecule has 0 N–H and O–H groups in total. The van der Waals surface area contributed by atoms with Crippen LogP contribution in [0.2, 0.25) is 6.04 Å². The predicted octanol–water partition coefficient (Wildman–Crippen LogP) is 0.643. The molecule has 2 unspecified atom stereocenters. The highest BCUT2D eigenvalue weighted by Gasteiger charge is 2.23. The Morgan fingerprint density at radius 3 is 2.80 bits per heavy atom. The van der Waals surface area contributed by atoms with Gasteiger partial charge in [-0.15, -0.1) is 0 Å². The van der Waals surface area contributed by atoms with Crippen LogP contribution in [0.4, 0.5) is 0 Å². The van der Waals surface area contributed by atoms with Gasteiger partial charge in [-0.05, 0) is 33.2 Å². The Bertz CT molecular complexity index is 105. The molecule has 1 rings (SSSR count). The highest BCUT2D eigenvalue weighted by Crippen LogP contribution is 2.19. The molecule has 1 aliphatic heterocycles. The molecule has 1 heterocycles. The summed E-state index contributed by atoms with van der Waals surface area (Å²) in [6, 6.07) is 3.16. The van der Waals surface area contributed by atoms with Gasteiger partial charge in [-0.1, -0.05) is 6.04 Å². The van der Waals surface area contributed by atoms with Gasteiger partial charge >= 0.3 is 0 Å². The van der Waals surface area contributed by atoms with E-state index >= 15 is 0 Å². The Hall–Kier alpha value is 0.177. The third-order valence-corrected chi connectivity index (χ3v) is 3.94. The molecule has 10 heavy (non-hydrogen) atoms. The van der Waals surface area contributed by atoms with Crippen LogP contribution >= 0.6 is 0 Å². The zero-order chi connectivity index (χ0) is 7.56. The topological polar surface area (TPSA) is 3.24 Å². The number of likely N-dealkylation sites (tertiary alicyclic amines) is 1. The van der Waals surface area contributed by atoms with Gasteiger partial charge in [-0.3, -0.25) is 4.90 Å². The molecule has 0 spiro atoms. The first kappa shape index (κ1) is 8.28. The van der Waals surface area contributed by atoms with Gasteiger partial charge in [0.25, 0.3) is 0 Å². The Morgan fingerprint density at radius 2 is 2.40 bits per heavy atom. The second-order valence-electron chi connectivity index (χ2n) is 3.49. The maximum atomic E-state index is 2.66. The number of rotatable bonds is 2. The van der Waals surface area contributed by atoms with Crippen molar-refractivity contribution in [3.05, 3.63) is 0 Å². The monoisotopic (exact) mass is 157 g/mol. The van der Waals surface area contributed by atoms with Gasteiger partial charge in [0, 0.05) is 22.3 Å². The van der Waals surface area contributed by atoms with Gasteiger partial charge < -0.3 is 0 Å². The van der Waals surface area contributed by atoms with E-state index in [2.05, 4.69) is 18.7 Å². The molecule has 0 bridgehead atoms. The highest BCUT2D eigenvalue weighted by atomic mass is 28.1. The molecule has 1 aliphatic rings. The molecule has 1 nitrogen and oxygen atoms in total. The van der Waals surface area contributed by atoms with Gasteiger partial charge in [-0.25, -0.2) is 0 Å². The van der Waals surface area contributed by atoms with E-state index in [1.807, 2.05) is 0 Å². The van der Waals surface area contributed by atoms with E-state index in [9.17, 15) is 0 Å². The van der Waals surface area contributed by atoms with E-state index < -0.39 is 0 Å². The van der Waals surface area contributed by atoms with Crippen molar-refractivity contribution in [1.82, 2.24) is 4.90 Å². The average molecular weight is 157 g/mol. The summed E-state index contributed by atoms with van der Waals surface area (Å²) in [4.78, 5) is 2.66. The minimum Gasteiger partial charge on any atom is -0.298 e. The van der Waals surface area contributed by atoms with Gasteiger partial charge in [0.05, 0.1) is 0 Å². The Labute approximate surface area is 67.2 Å². The van der Waals surface area contributed by atoms with Crippen molar-refractivity contribution in [3.8, 4) is 0 Å². The van der Waals surface area contributed by atoms with E-state index in [0.29, 0.717) is 0 Å². The van der Waals surface area contributed by atoms with E-state index in [1.54, 1.807) is 0 Å². The lowest BCUT2D eigenvalue weighted by Gasteiger charge is -2.27. The largest absolute Gasteiger partial charge is 0.298 e. The molecule has 2 atom stereocenters. The zero-order valence-corrected chi connectivity index (χ0v) is 9.43. The normalized spacial score (nSPS) is 31.2. The fourth-order valence-corrected chi connectivity index (χ4v) is 2.31. The van der Waals surface area contributed by atoms with Gasteiger partial charge in [0.15, 0.2) is 0 Å². The fraction of sp³-hybridized carbons (Fsp3) is 1.00. The summed E-state index contributed by atoms with van der Waals surface area (Å²) in [5.74, 6) is 0. The first-order valence-corrected chi connectivity index (χ1v) is 5.93. The van der Waals surface area contributed by atoms with Crippen molar-refractivity contribution in [1.29, 1.82) is 0 Å². The standard InChI is InChI=1S/C8H19NSi/c1-7-4-3-5-9(7)8(2)6-10/h7-8H,3-6H2,1-2,10H3. The molecule has 60 valence electrons. The lowest BCUT2D eigenvalue weighted by Crippen LogP contribution is -2.35. The summed E-state index contributed by atoms with van der Waals surface area (Å²) in [7, 11) is 1.36. The van der Waals surface area contributed by atoms with E-state index in [-0.39, 0.29) is 0 Å². The van der Waals surface area contributed by atoms with Crippen molar-refractivity contribution >= 4 is 10.2 Å². The highest BCUT2D eigenvalue weighted by molar-refractivity contribution is 6.08. The quantitative estimate of drug-likeness (QED) is 0.532. The second kappa shape index (κ2) is 3.53. The number of hydrogen-bond acceptors (Lipinski definition) is 1. The van der Waals surface area contributed by atoms with Crippen LogP contribution in [0.15, 0.2) is 0 Å². The first-order chi connectivity index (χ1) is 4.75. The minimum absolute atomic E-state index is 0.865. The van der Waals surface area contributed by atoms with E-state index in [4.69, 9.17) is 0 Å². The van der Waals surface area contributed by atoms with Crippen LogP contribution in [0, 0.1) is 0 Å². The van der Waals surface area contributed by atoms with Crippen LogP contribution in [-0.4, -0.2) is 33.8 Å². The molecule has 0 aromatic heterocycles. The smallest absolute Gasteiger partial charge is 0.00700 e. The first-order valence-electron chi connectivity index (χ1n) is 4.51. The maximum Gasteiger partial charge on any atom is 0.00700 e. The predicted molar refractivity (Wildman–Crippen MR) is 49.6 cm³/mol. The number of nitrogens with zero attached hydrogens (tertiary/aromatic N) is 1. The molecule has 0 aromatic rings. The Balaban J connectivity index is 2.38. The molecule has 0 aromatic carbocycles. The molecule has 2 heteroatoms. The van der Waals surface area contributed by atoms with E-state index in [0.717, 1.165) is 12.1 Å². The average Bonchev–Trinajstić information content (AvgIpc) is 2.34. The van der Waals surface area contributed by atoms with Crippen molar-refractivity contribution < 1.29 is 0 Å². The molecule has 0 radical (unpaired) electrons. The van der Waals surface area contributed by atoms with Gasteiger partial charge in [0.2, 0.25) is 0 Å². The maximum absolute atomic E-state index is 2.66. The van der Waals surface area contributed by atoms with Gasteiger partial charge in [-0.2, -0.15) is 0 Å². The summed E-state index contributed by atoms with van der Waals surface area (Å²) in [5.41, 5.74) is 0. The lowest BCUT2D eigenvalue weighted by atomic mass is 10.2. The summed E-state index contributed by atoms with van der Waals surface area (Å²) in [6.07, 6.45) is 2.85. The molecular formula is C8H19NSi. The third-order valence-electron chi connectivity index (χ3n) is 2.76. The Kier molecular flexibility index (Phi) is 2.92. The minimum atomic E-state index is 0.865. The fourth-order valence-electron chi connectivity index (χ4n) is 1.84.